The number of carbonyl (C=O) groups is 1. The Morgan fingerprint density at radius 1 is 1.60 bits per heavy atom. The van der Waals surface area contributed by atoms with Gasteiger partial charge in [0.2, 0.25) is 5.91 Å². The molecular formula is C11H16Cl2N6O. The second kappa shape index (κ2) is 11.3. The highest BCUT2D eigenvalue weighted by Crippen LogP contribution is 2.07. The normalized spacial score (nSPS) is 10.6. The summed E-state index contributed by atoms with van der Waals surface area (Å²) >= 11 is 9.53. The van der Waals surface area contributed by atoms with Crippen molar-refractivity contribution in [3.63, 3.8) is 0 Å². The van der Waals surface area contributed by atoms with Crippen LogP contribution in [0.4, 0.5) is 5.69 Å². The van der Waals surface area contributed by atoms with E-state index in [9.17, 15) is 4.79 Å². The van der Waals surface area contributed by atoms with Crippen molar-refractivity contribution < 1.29 is 4.79 Å². The van der Waals surface area contributed by atoms with Gasteiger partial charge in [-0.2, -0.15) is 0 Å². The molecule has 3 N–H and O–H groups in total. The third-order valence-corrected chi connectivity index (χ3v) is 2.16. The van der Waals surface area contributed by atoms with Gasteiger partial charge in [-0.25, -0.2) is 0 Å². The molecular weight excluding hydrogens is 303 g/mol. The lowest BCUT2D eigenvalue weighted by molar-refractivity contribution is -0.117. The zero-order chi connectivity index (χ0) is 15.4. The van der Waals surface area contributed by atoms with Crippen molar-refractivity contribution in [1.29, 1.82) is 0 Å². The fraction of sp³-hybridized carbons (Fsp3) is 0.455. The van der Waals surface area contributed by atoms with E-state index < -0.39 is 6.04 Å². The van der Waals surface area contributed by atoms with Crippen LogP contribution in [0.5, 0.6) is 0 Å². The third kappa shape index (κ3) is 7.81. The molecule has 0 aromatic carbocycles. The van der Waals surface area contributed by atoms with E-state index in [1.807, 2.05) is 6.92 Å². The molecule has 9 heteroatoms. The van der Waals surface area contributed by atoms with Crippen molar-refractivity contribution in [2.45, 2.75) is 25.9 Å². The van der Waals surface area contributed by atoms with Crippen LogP contribution in [0.2, 0.25) is 0 Å². The minimum absolute atomic E-state index is 0.194. The van der Waals surface area contributed by atoms with Crippen molar-refractivity contribution in [3.8, 4) is 0 Å². The number of halogens is 2. The Bertz CT molecular complexity index is 447. The van der Waals surface area contributed by atoms with Crippen LogP contribution in [-0.2, 0) is 11.3 Å². The maximum Gasteiger partial charge on any atom is 0.241 e. The average molecular weight is 319 g/mol. The summed E-state index contributed by atoms with van der Waals surface area (Å²) in [5, 5.41) is 6.23. The second-order valence-electron chi connectivity index (χ2n) is 3.53. The first-order valence-corrected chi connectivity index (χ1v) is 6.80. The molecule has 1 heterocycles. The van der Waals surface area contributed by atoms with Gasteiger partial charge in [-0.15, -0.1) is 23.2 Å². The van der Waals surface area contributed by atoms with E-state index >= 15 is 0 Å². The van der Waals surface area contributed by atoms with Gasteiger partial charge in [-0.3, -0.25) is 9.78 Å². The Hall–Kier alpha value is -1.53. The maximum absolute atomic E-state index is 11.5. The highest BCUT2D eigenvalue weighted by Gasteiger charge is 2.10. The van der Waals surface area contributed by atoms with Crippen molar-refractivity contribution in [2.24, 2.45) is 10.8 Å². The molecule has 1 unspecified atom stereocenters. The van der Waals surface area contributed by atoms with Gasteiger partial charge in [0.25, 0.3) is 0 Å². The number of alkyl halides is 2. The summed E-state index contributed by atoms with van der Waals surface area (Å²) in [5.74, 6) is -0.239. The zero-order valence-corrected chi connectivity index (χ0v) is 12.5. The van der Waals surface area contributed by atoms with E-state index in [1.165, 1.54) is 6.20 Å². The molecule has 1 amide bonds. The summed E-state index contributed by atoms with van der Waals surface area (Å²) in [7, 11) is 0. The van der Waals surface area contributed by atoms with Gasteiger partial charge >= 0.3 is 0 Å². The van der Waals surface area contributed by atoms with Crippen LogP contribution in [0.1, 0.15) is 19.0 Å². The van der Waals surface area contributed by atoms with E-state index in [0.29, 0.717) is 17.8 Å². The lowest BCUT2D eigenvalue weighted by atomic mass is 10.2. The molecule has 0 aliphatic heterocycles. The van der Waals surface area contributed by atoms with E-state index in [4.69, 9.17) is 34.5 Å². The van der Waals surface area contributed by atoms with Crippen LogP contribution < -0.4 is 11.1 Å². The van der Waals surface area contributed by atoms with E-state index in [2.05, 4.69) is 20.3 Å². The summed E-state index contributed by atoms with van der Waals surface area (Å²) in [4.78, 5) is 18.1. The second-order valence-corrected chi connectivity index (χ2v) is 4.34. The lowest BCUT2D eigenvalue weighted by Gasteiger charge is -2.09. The fourth-order valence-corrected chi connectivity index (χ4v) is 1.12. The van der Waals surface area contributed by atoms with Gasteiger partial charge < -0.3 is 11.1 Å². The number of nitrogens with two attached hydrogens (primary N) is 1. The molecule has 0 saturated carbocycles. The van der Waals surface area contributed by atoms with Gasteiger partial charge in [0.05, 0.1) is 29.8 Å². The molecule has 0 spiro atoms. The molecule has 1 aromatic rings. The van der Waals surface area contributed by atoms with Gasteiger partial charge in [0.15, 0.2) is 0 Å². The first-order chi connectivity index (χ1) is 9.58. The molecule has 0 saturated heterocycles. The minimum Gasteiger partial charge on any atom is -0.323 e. The topological polar surface area (TPSA) is 117 Å². The predicted octanol–water partition coefficient (Wildman–Crippen LogP) is 2.99. The van der Waals surface area contributed by atoms with Gasteiger partial charge in [-0.1, -0.05) is 12.0 Å². The summed E-state index contributed by atoms with van der Waals surface area (Å²) < 4.78 is 0. The van der Waals surface area contributed by atoms with Gasteiger partial charge in [0.1, 0.15) is 0 Å². The van der Waals surface area contributed by atoms with Gasteiger partial charge in [-0.05, 0) is 24.1 Å². The number of hydrogen-bond acceptors (Lipinski definition) is 4. The van der Waals surface area contributed by atoms with Crippen molar-refractivity contribution >= 4 is 34.8 Å². The molecule has 7 nitrogen and oxygen atoms in total. The number of amides is 1. The minimum atomic E-state index is -0.516. The third-order valence-electron chi connectivity index (χ3n) is 2.16. The average Bonchev–Trinajstić information content (AvgIpc) is 2.46. The first-order valence-electron chi connectivity index (χ1n) is 5.73. The molecule has 1 rings (SSSR count). The highest BCUT2D eigenvalue weighted by atomic mass is 35.5. The Labute approximate surface area is 127 Å². The summed E-state index contributed by atoms with van der Waals surface area (Å²) in [6, 6.07) is 2.86. The van der Waals surface area contributed by atoms with Crippen LogP contribution in [0.15, 0.2) is 23.4 Å². The van der Waals surface area contributed by atoms with Crippen LogP contribution in [0.25, 0.3) is 10.4 Å². The van der Waals surface area contributed by atoms with Gasteiger partial charge in [0, 0.05) is 10.6 Å². The summed E-state index contributed by atoms with van der Waals surface area (Å²) in [6.45, 7) is 2.03. The molecule has 0 fully saturated rings. The first kappa shape index (κ1) is 18.5. The molecule has 0 radical (unpaired) electrons. The maximum atomic E-state index is 11.5. The number of anilines is 1. The van der Waals surface area contributed by atoms with Crippen molar-refractivity contribution in [2.75, 3.05) is 10.7 Å². The van der Waals surface area contributed by atoms with E-state index in [0.717, 1.165) is 0 Å². The summed E-state index contributed by atoms with van der Waals surface area (Å²) in [6.07, 6.45) is 2.08. The Kier molecular flexibility index (Phi) is 10.4. The molecule has 110 valence electrons. The fourth-order valence-electron chi connectivity index (χ4n) is 1.12. The molecule has 0 aliphatic rings. The Balaban J connectivity index is 0.00000110. The number of pyridine rings is 1. The zero-order valence-electron chi connectivity index (χ0n) is 11.0. The highest BCUT2D eigenvalue weighted by molar-refractivity contribution is 6.40. The number of hydrogen-bond donors (Lipinski definition) is 2. The number of carbonyl (C=O) groups excluding carboxylic acids is 1. The number of nitrogens with one attached hydrogen (secondary N) is 1. The quantitative estimate of drug-likeness (QED) is 0.376. The molecule has 20 heavy (non-hydrogen) atoms. The molecule has 0 aliphatic carbocycles. The molecule has 0 bridgehead atoms. The van der Waals surface area contributed by atoms with Crippen molar-refractivity contribution in [3.05, 3.63) is 34.5 Å². The summed E-state index contributed by atoms with van der Waals surface area (Å²) in [5.41, 5.74) is 14.9. The number of azide groups is 1. The Morgan fingerprint density at radius 3 is 2.70 bits per heavy atom. The van der Waals surface area contributed by atoms with E-state index in [-0.39, 0.29) is 17.8 Å². The van der Waals surface area contributed by atoms with Crippen LogP contribution in [0.3, 0.4) is 0 Å². The SMILES string of the molecule is CCC(N)C(=O)Nc1ccc(CN=[N+]=[N-])nc1.ClCCl. The number of rotatable bonds is 5. The molecule has 1 aromatic heterocycles. The number of nitrogens with zero attached hydrogens (tertiary/aromatic N) is 4. The Morgan fingerprint density at radius 2 is 2.25 bits per heavy atom. The largest absolute Gasteiger partial charge is 0.323 e. The monoisotopic (exact) mass is 318 g/mol. The lowest BCUT2D eigenvalue weighted by Crippen LogP contribution is -2.34. The standard InChI is InChI=1S/C10H14N6O.CH2Cl2/c1-2-9(11)10(17)15-8-4-3-7(13-5-8)6-14-16-12;2-1-3/h3-5,9H,2,6,11H2,1H3,(H,15,17);1H2. The predicted molar refractivity (Wildman–Crippen MR) is 80.6 cm³/mol. The van der Waals surface area contributed by atoms with Crippen molar-refractivity contribution in [1.82, 2.24) is 4.98 Å². The number of aromatic nitrogens is 1. The smallest absolute Gasteiger partial charge is 0.241 e. The van der Waals surface area contributed by atoms with Crippen LogP contribution in [0, 0.1) is 0 Å². The van der Waals surface area contributed by atoms with Crippen LogP contribution >= 0.6 is 23.2 Å². The van der Waals surface area contributed by atoms with E-state index in [1.54, 1.807) is 12.1 Å². The van der Waals surface area contributed by atoms with Crippen LogP contribution in [-0.4, -0.2) is 22.3 Å². The molecule has 1 atom stereocenters.